The fourth-order valence-corrected chi connectivity index (χ4v) is 7.15. The van der Waals surface area contributed by atoms with E-state index in [1.807, 2.05) is 36.4 Å². The summed E-state index contributed by atoms with van der Waals surface area (Å²) >= 11 is 0. The quantitative estimate of drug-likeness (QED) is 0.144. The SMILES string of the molecule is CC(C)c1cccc(-c2ccc3c(c2)Cc2ccccc2-3)c1O.CC(C)c1cccc(-c2ccc3c(c2)Cc2ccccc2-3)c1O.[CH3-].[CH3-].[Ti+2]. The van der Waals surface area contributed by atoms with Crippen molar-refractivity contribution in [3.8, 4) is 56.0 Å². The normalized spacial score (nSPS) is 11.6. The molecule has 0 bridgehead atoms. The van der Waals surface area contributed by atoms with Crippen LogP contribution in [0.5, 0.6) is 11.5 Å². The maximum absolute atomic E-state index is 10.6. The van der Waals surface area contributed by atoms with Crippen LogP contribution in [0.4, 0.5) is 0 Å². The molecule has 2 N–H and O–H groups in total. The maximum atomic E-state index is 10.6. The first-order valence-electron chi connectivity index (χ1n) is 16.4. The van der Waals surface area contributed by atoms with Crippen molar-refractivity contribution in [2.45, 2.75) is 52.4 Å². The minimum atomic E-state index is 0. The third kappa shape index (κ3) is 7.04. The third-order valence-corrected chi connectivity index (χ3v) is 9.59. The molecule has 3 heteroatoms. The summed E-state index contributed by atoms with van der Waals surface area (Å²) in [6.45, 7) is 8.44. The van der Waals surface area contributed by atoms with Gasteiger partial charge in [0.05, 0.1) is 0 Å². The molecule has 0 heterocycles. The molecule has 6 aromatic carbocycles. The van der Waals surface area contributed by atoms with Gasteiger partial charge in [0.15, 0.2) is 0 Å². The van der Waals surface area contributed by atoms with Gasteiger partial charge in [-0.3, -0.25) is 0 Å². The van der Waals surface area contributed by atoms with Gasteiger partial charge in [0.25, 0.3) is 0 Å². The van der Waals surface area contributed by atoms with Gasteiger partial charge in [0, 0.05) is 11.1 Å². The van der Waals surface area contributed by atoms with Gasteiger partial charge in [-0.15, -0.1) is 0 Å². The summed E-state index contributed by atoms with van der Waals surface area (Å²) in [6.07, 6.45) is 1.95. The Labute approximate surface area is 308 Å². The topological polar surface area (TPSA) is 40.5 Å². The summed E-state index contributed by atoms with van der Waals surface area (Å²) in [5.41, 5.74) is 16.8. The molecule has 0 fully saturated rings. The van der Waals surface area contributed by atoms with Gasteiger partial charge in [0.2, 0.25) is 0 Å². The molecule has 0 unspecified atom stereocenters. The second-order valence-corrected chi connectivity index (χ2v) is 13.2. The van der Waals surface area contributed by atoms with Crippen molar-refractivity contribution in [1.29, 1.82) is 0 Å². The third-order valence-electron chi connectivity index (χ3n) is 9.59. The zero-order valence-corrected chi connectivity index (χ0v) is 31.1. The fraction of sp³-hybridized carbons (Fsp3) is 0.174. The Morgan fingerprint density at radius 2 is 0.755 bits per heavy atom. The van der Waals surface area contributed by atoms with Crippen LogP contribution in [0.15, 0.2) is 121 Å². The van der Waals surface area contributed by atoms with Crippen molar-refractivity contribution < 1.29 is 31.9 Å². The van der Waals surface area contributed by atoms with Gasteiger partial charge < -0.3 is 25.1 Å². The molecule has 0 saturated carbocycles. The first-order valence-corrected chi connectivity index (χ1v) is 16.4. The zero-order valence-electron chi connectivity index (χ0n) is 29.5. The van der Waals surface area contributed by atoms with Crippen LogP contribution in [-0.4, -0.2) is 10.2 Å². The Hall–Kier alpha value is -4.37. The average Bonchev–Trinajstić information content (AvgIpc) is 3.62. The Bertz CT molecular complexity index is 1940. The van der Waals surface area contributed by atoms with Crippen LogP contribution < -0.4 is 0 Å². The maximum Gasteiger partial charge on any atom is 2.00 e. The summed E-state index contributed by atoms with van der Waals surface area (Å²) in [6, 6.07) is 42.4. The number of rotatable bonds is 4. The van der Waals surface area contributed by atoms with E-state index in [1.165, 1.54) is 44.5 Å². The minimum absolute atomic E-state index is 0. The summed E-state index contributed by atoms with van der Waals surface area (Å²) < 4.78 is 0. The van der Waals surface area contributed by atoms with Gasteiger partial charge in [-0.1, -0.05) is 149 Å². The molecule has 49 heavy (non-hydrogen) atoms. The fourth-order valence-electron chi connectivity index (χ4n) is 7.15. The van der Waals surface area contributed by atoms with E-state index in [4.69, 9.17) is 0 Å². The van der Waals surface area contributed by atoms with Gasteiger partial charge in [-0.05, 0) is 91.4 Å². The van der Waals surface area contributed by atoms with Crippen molar-refractivity contribution in [2.24, 2.45) is 0 Å². The molecule has 8 rings (SSSR count). The van der Waals surface area contributed by atoms with E-state index >= 15 is 0 Å². The van der Waals surface area contributed by atoms with E-state index in [0.29, 0.717) is 23.3 Å². The second-order valence-electron chi connectivity index (χ2n) is 13.2. The van der Waals surface area contributed by atoms with Crippen molar-refractivity contribution in [2.75, 3.05) is 0 Å². The Morgan fingerprint density at radius 1 is 0.408 bits per heavy atom. The molecule has 0 aliphatic heterocycles. The predicted octanol–water partition coefficient (Wildman–Crippen LogP) is 12.4. The standard InChI is InChI=1S/2C22H20O.2CH3.Ti/c2*1-14(2)18-8-5-9-21(22(18)23)16-10-11-20-17(13-16)12-15-6-3-4-7-19(15)20;;;/h2*3-11,13-14,23H,12H2,1-2H3;2*1H3;/q;;2*-1;+2. The summed E-state index contributed by atoms with van der Waals surface area (Å²) in [5, 5.41) is 21.3. The van der Waals surface area contributed by atoms with Crippen molar-refractivity contribution in [3.63, 3.8) is 0 Å². The largest absolute Gasteiger partial charge is 2.00 e. The molecule has 2 nitrogen and oxygen atoms in total. The first kappa shape index (κ1) is 37.5. The van der Waals surface area contributed by atoms with Crippen LogP contribution in [0.1, 0.15) is 72.9 Å². The predicted molar refractivity (Wildman–Crippen MR) is 205 cm³/mol. The van der Waals surface area contributed by atoms with Crippen LogP contribution in [-0.2, 0) is 34.6 Å². The summed E-state index contributed by atoms with van der Waals surface area (Å²) in [5.74, 6) is 1.46. The van der Waals surface area contributed by atoms with Crippen molar-refractivity contribution >= 4 is 0 Å². The second kappa shape index (κ2) is 15.5. The van der Waals surface area contributed by atoms with Crippen LogP contribution in [0.25, 0.3) is 44.5 Å². The van der Waals surface area contributed by atoms with Crippen molar-refractivity contribution in [3.05, 3.63) is 170 Å². The molecule has 2 aliphatic carbocycles. The molecule has 2 aliphatic rings. The number of hydrogen-bond donors (Lipinski definition) is 2. The number of hydrogen-bond acceptors (Lipinski definition) is 2. The number of phenolic OH excluding ortho intramolecular Hbond substituents is 2. The van der Waals surface area contributed by atoms with Crippen LogP contribution in [0.3, 0.4) is 0 Å². The van der Waals surface area contributed by atoms with Gasteiger partial charge >= 0.3 is 21.7 Å². The van der Waals surface area contributed by atoms with Crippen LogP contribution >= 0.6 is 0 Å². The molecule has 6 aromatic rings. The number of para-hydroxylation sites is 2. The minimum Gasteiger partial charge on any atom is -0.507 e. The molecule has 0 saturated heterocycles. The molecular weight excluding hydrogens is 632 g/mol. The van der Waals surface area contributed by atoms with E-state index < -0.39 is 0 Å². The first-order chi connectivity index (χ1) is 22.3. The summed E-state index contributed by atoms with van der Waals surface area (Å²) in [4.78, 5) is 0. The molecule has 0 aromatic heterocycles. The van der Waals surface area contributed by atoms with Crippen molar-refractivity contribution in [1.82, 2.24) is 0 Å². The smallest absolute Gasteiger partial charge is 0.507 e. The number of fused-ring (bicyclic) bond motifs is 6. The number of phenols is 2. The van der Waals surface area contributed by atoms with E-state index in [9.17, 15) is 10.2 Å². The van der Waals surface area contributed by atoms with E-state index in [-0.39, 0.29) is 36.6 Å². The molecular formula is C46H46O2Ti. The number of benzene rings is 6. The van der Waals surface area contributed by atoms with Crippen LogP contribution in [0, 0.1) is 14.9 Å². The zero-order chi connectivity index (χ0) is 31.9. The average molecular weight is 679 g/mol. The van der Waals surface area contributed by atoms with Gasteiger partial charge in [0.1, 0.15) is 11.5 Å². The van der Waals surface area contributed by atoms with Gasteiger partial charge in [-0.25, -0.2) is 0 Å². The van der Waals surface area contributed by atoms with Crippen LogP contribution in [0.2, 0.25) is 0 Å². The molecule has 246 valence electrons. The molecule has 0 amide bonds. The monoisotopic (exact) mass is 678 g/mol. The number of aromatic hydroxyl groups is 2. The van der Waals surface area contributed by atoms with E-state index in [2.05, 4.69) is 113 Å². The Morgan fingerprint density at radius 3 is 1.14 bits per heavy atom. The van der Waals surface area contributed by atoms with E-state index in [0.717, 1.165) is 46.2 Å². The molecule has 0 radical (unpaired) electrons. The van der Waals surface area contributed by atoms with Gasteiger partial charge in [-0.2, -0.15) is 0 Å². The Balaban J connectivity index is 0.000000208. The van der Waals surface area contributed by atoms with E-state index in [1.54, 1.807) is 0 Å². The molecule has 0 atom stereocenters. The molecule has 0 spiro atoms. The summed E-state index contributed by atoms with van der Waals surface area (Å²) in [7, 11) is 0. The Kier molecular flexibility index (Phi) is 11.8.